The van der Waals surface area contributed by atoms with Gasteiger partial charge in [-0.2, -0.15) is 0 Å². The number of methoxy groups -OCH3 is 1. The number of hydrogen-bond acceptors (Lipinski definition) is 2. The average Bonchev–Trinajstić information content (AvgIpc) is 2.24. The van der Waals surface area contributed by atoms with Gasteiger partial charge in [-0.05, 0) is 49.4 Å². The highest BCUT2D eigenvalue weighted by molar-refractivity contribution is 6.63. The quantitative estimate of drug-likeness (QED) is 0.562. The zero-order valence-electron chi connectivity index (χ0n) is 9.75. The lowest BCUT2D eigenvalue weighted by molar-refractivity contribution is -0.111. The van der Waals surface area contributed by atoms with Gasteiger partial charge in [0.25, 0.3) is 0 Å². The second-order valence-electron chi connectivity index (χ2n) is 3.88. The number of carbonyl (C=O) groups is 1. The maximum atomic E-state index is 10.6. The number of benzene rings is 1. The van der Waals surface area contributed by atoms with E-state index in [1.54, 1.807) is 7.11 Å². The Morgan fingerprint density at radius 1 is 1.38 bits per heavy atom. The van der Waals surface area contributed by atoms with E-state index in [0.29, 0.717) is 6.42 Å². The molecule has 0 fully saturated rings. The van der Waals surface area contributed by atoms with Crippen molar-refractivity contribution in [3.63, 3.8) is 0 Å². The fraction of sp³-hybridized carbons (Fsp3) is 0.462. The molecule has 0 unspecified atom stereocenters. The molecule has 0 aromatic heterocycles. The average molecular weight is 241 g/mol. The molecule has 0 aliphatic carbocycles. The number of halogens is 1. The monoisotopic (exact) mass is 240 g/mol. The molecule has 16 heavy (non-hydrogen) atoms. The van der Waals surface area contributed by atoms with Crippen LogP contribution >= 0.6 is 11.6 Å². The van der Waals surface area contributed by atoms with Gasteiger partial charge in [0.15, 0.2) is 0 Å². The van der Waals surface area contributed by atoms with Gasteiger partial charge in [-0.25, -0.2) is 0 Å². The van der Waals surface area contributed by atoms with Gasteiger partial charge < -0.3 is 4.74 Å². The van der Waals surface area contributed by atoms with Gasteiger partial charge in [0.1, 0.15) is 5.75 Å². The van der Waals surface area contributed by atoms with Crippen molar-refractivity contribution in [2.24, 2.45) is 0 Å². The third-order valence-electron chi connectivity index (χ3n) is 2.51. The summed E-state index contributed by atoms with van der Waals surface area (Å²) >= 11 is 5.28. The SMILES string of the molecule is COc1ccc(C)cc1CCCCC(=O)Cl. The summed E-state index contributed by atoms with van der Waals surface area (Å²) in [6.45, 7) is 2.06. The molecule has 1 aromatic carbocycles. The van der Waals surface area contributed by atoms with Crippen molar-refractivity contribution in [2.75, 3.05) is 7.11 Å². The molecule has 1 rings (SSSR count). The summed E-state index contributed by atoms with van der Waals surface area (Å²) in [5, 5.41) is -0.254. The highest BCUT2D eigenvalue weighted by Gasteiger charge is 2.03. The third-order valence-corrected chi connectivity index (χ3v) is 2.69. The predicted octanol–water partition coefficient (Wildman–Crippen LogP) is 3.48. The van der Waals surface area contributed by atoms with Crippen LogP contribution in [0, 0.1) is 6.92 Å². The summed E-state index contributed by atoms with van der Waals surface area (Å²) < 4.78 is 5.29. The second kappa shape index (κ2) is 6.54. The highest BCUT2D eigenvalue weighted by atomic mass is 35.5. The summed E-state index contributed by atoms with van der Waals surface area (Å²) in [5.41, 5.74) is 2.42. The van der Waals surface area contributed by atoms with E-state index < -0.39 is 0 Å². The van der Waals surface area contributed by atoms with Gasteiger partial charge in [0.2, 0.25) is 5.24 Å². The molecule has 0 saturated heterocycles. The molecule has 3 heteroatoms. The molecule has 0 saturated carbocycles. The summed E-state index contributed by atoms with van der Waals surface area (Å²) in [6.07, 6.45) is 3.17. The third kappa shape index (κ3) is 4.23. The van der Waals surface area contributed by atoms with Gasteiger partial charge >= 0.3 is 0 Å². The lowest BCUT2D eigenvalue weighted by atomic mass is 10.0. The Morgan fingerprint density at radius 3 is 2.75 bits per heavy atom. The normalized spacial score (nSPS) is 10.2. The summed E-state index contributed by atoms with van der Waals surface area (Å²) in [4.78, 5) is 10.6. The predicted molar refractivity (Wildman–Crippen MR) is 66.1 cm³/mol. The van der Waals surface area contributed by atoms with Gasteiger partial charge in [0.05, 0.1) is 7.11 Å². The van der Waals surface area contributed by atoms with E-state index in [1.165, 1.54) is 11.1 Å². The van der Waals surface area contributed by atoms with Crippen LogP contribution in [0.5, 0.6) is 5.75 Å². The van der Waals surface area contributed by atoms with Gasteiger partial charge in [-0.3, -0.25) is 4.79 Å². The van der Waals surface area contributed by atoms with Crippen LogP contribution in [0.3, 0.4) is 0 Å². The fourth-order valence-electron chi connectivity index (χ4n) is 1.68. The maximum Gasteiger partial charge on any atom is 0.221 e. The minimum atomic E-state index is -0.254. The van der Waals surface area contributed by atoms with Crippen LogP contribution in [-0.2, 0) is 11.2 Å². The van der Waals surface area contributed by atoms with Crippen molar-refractivity contribution >= 4 is 16.8 Å². The van der Waals surface area contributed by atoms with Crippen molar-refractivity contribution in [2.45, 2.75) is 32.6 Å². The number of unbranched alkanes of at least 4 members (excludes halogenated alkanes) is 1. The van der Waals surface area contributed by atoms with Crippen molar-refractivity contribution < 1.29 is 9.53 Å². The van der Waals surface area contributed by atoms with Crippen molar-refractivity contribution in [3.05, 3.63) is 29.3 Å². The molecule has 0 N–H and O–H groups in total. The first kappa shape index (κ1) is 13.0. The van der Waals surface area contributed by atoms with Crippen LogP contribution in [0.25, 0.3) is 0 Å². The van der Waals surface area contributed by atoms with E-state index in [1.807, 2.05) is 12.1 Å². The van der Waals surface area contributed by atoms with Crippen LogP contribution in [0.4, 0.5) is 0 Å². The van der Waals surface area contributed by atoms with E-state index in [2.05, 4.69) is 13.0 Å². The Kier molecular flexibility index (Phi) is 5.33. The standard InChI is InChI=1S/C13H17ClO2/c1-10-7-8-12(16-2)11(9-10)5-3-4-6-13(14)15/h7-9H,3-6H2,1-2H3. The van der Waals surface area contributed by atoms with E-state index in [9.17, 15) is 4.79 Å². The molecule has 0 aliphatic rings. The molecule has 0 spiro atoms. The largest absolute Gasteiger partial charge is 0.496 e. The lowest BCUT2D eigenvalue weighted by Gasteiger charge is -2.08. The zero-order chi connectivity index (χ0) is 12.0. The molecule has 0 heterocycles. The highest BCUT2D eigenvalue weighted by Crippen LogP contribution is 2.21. The lowest BCUT2D eigenvalue weighted by Crippen LogP contribution is -1.94. The fourth-order valence-corrected chi connectivity index (χ4v) is 1.82. The molecule has 1 aromatic rings. The topological polar surface area (TPSA) is 26.3 Å². The Balaban J connectivity index is 2.51. The number of aryl methyl sites for hydroxylation is 2. The van der Waals surface area contributed by atoms with Crippen LogP contribution < -0.4 is 4.74 Å². The smallest absolute Gasteiger partial charge is 0.221 e. The molecule has 0 radical (unpaired) electrons. The van der Waals surface area contributed by atoms with Crippen LogP contribution in [0.15, 0.2) is 18.2 Å². The molecular formula is C13H17ClO2. The van der Waals surface area contributed by atoms with Gasteiger partial charge in [-0.15, -0.1) is 0 Å². The second-order valence-corrected chi connectivity index (χ2v) is 4.30. The Hall–Kier alpha value is -1.02. The van der Waals surface area contributed by atoms with E-state index in [4.69, 9.17) is 16.3 Å². The number of hydrogen-bond donors (Lipinski definition) is 0. The number of ether oxygens (including phenoxy) is 1. The van der Waals surface area contributed by atoms with Crippen molar-refractivity contribution in [1.82, 2.24) is 0 Å². The molecule has 0 aliphatic heterocycles. The molecule has 2 nitrogen and oxygen atoms in total. The molecule has 88 valence electrons. The van der Waals surface area contributed by atoms with Crippen molar-refractivity contribution in [1.29, 1.82) is 0 Å². The van der Waals surface area contributed by atoms with E-state index in [0.717, 1.165) is 25.0 Å². The maximum absolute atomic E-state index is 10.6. The van der Waals surface area contributed by atoms with Crippen LogP contribution in [0.1, 0.15) is 30.4 Å². The summed E-state index contributed by atoms with van der Waals surface area (Å²) in [5.74, 6) is 0.919. The molecule has 0 bridgehead atoms. The molecular weight excluding hydrogens is 224 g/mol. The number of carbonyl (C=O) groups excluding carboxylic acids is 1. The minimum absolute atomic E-state index is 0.254. The van der Waals surface area contributed by atoms with Crippen molar-refractivity contribution in [3.8, 4) is 5.75 Å². The Labute approximate surface area is 102 Å². The van der Waals surface area contributed by atoms with E-state index in [-0.39, 0.29) is 5.24 Å². The van der Waals surface area contributed by atoms with E-state index >= 15 is 0 Å². The van der Waals surface area contributed by atoms with Gasteiger partial charge in [-0.1, -0.05) is 17.7 Å². The summed E-state index contributed by atoms with van der Waals surface area (Å²) in [6, 6.07) is 6.14. The summed E-state index contributed by atoms with van der Waals surface area (Å²) in [7, 11) is 1.68. The first-order chi connectivity index (χ1) is 7.63. The Bertz CT molecular complexity index is 361. The molecule has 0 atom stereocenters. The van der Waals surface area contributed by atoms with Crippen LogP contribution in [-0.4, -0.2) is 12.4 Å². The number of rotatable bonds is 6. The zero-order valence-corrected chi connectivity index (χ0v) is 10.5. The molecule has 0 amide bonds. The van der Waals surface area contributed by atoms with Crippen LogP contribution in [0.2, 0.25) is 0 Å². The first-order valence-corrected chi connectivity index (χ1v) is 5.83. The minimum Gasteiger partial charge on any atom is -0.496 e. The van der Waals surface area contributed by atoms with Gasteiger partial charge in [0, 0.05) is 6.42 Å². The Morgan fingerprint density at radius 2 is 2.12 bits per heavy atom. The first-order valence-electron chi connectivity index (χ1n) is 5.45.